The average Bonchev–Trinajstić information content (AvgIpc) is 2.55. The molecule has 0 aromatic heterocycles. The lowest BCUT2D eigenvalue weighted by Crippen LogP contribution is -2.30. The number of halogens is 4. The number of rotatable bonds is 4. The van der Waals surface area contributed by atoms with E-state index in [0.29, 0.717) is 10.5 Å². The average molecular weight is 402 g/mol. The molecule has 2 aromatic carbocycles. The third-order valence-corrected chi connectivity index (χ3v) is 3.50. The van der Waals surface area contributed by atoms with Crippen LogP contribution in [0.25, 0.3) is 0 Å². The van der Waals surface area contributed by atoms with Gasteiger partial charge in [0.2, 0.25) is 0 Å². The molecule has 4 nitrogen and oxygen atoms in total. The lowest BCUT2D eigenvalue weighted by atomic mass is 10.2. The van der Waals surface area contributed by atoms with Crippen LogP contribution >= 0.6 is 15.9 Å². The van der Waals surface area contributed by atoms with Crippen molar-refractivity contribution in [1.82, 2.24) is 0 Å². The minimum atomic E-state index is -1.70. The van der Waals surface area contributed by atoms with Crippen LogP contribution in [0.5, 0.6) is 0 Å². The number of anilines is 1. The van der Waals surface area contributed by atoms with Gasteiger partial charge in [-0.05, 0) is 37.3 Å². The van der Waals surface area contributed by atoms with Crippen molar-refractivity contribution in [2.45, 2.75) is 13.0 Å². The first kappa shape index (κ1) is 18.0. The number of nitrogens with one attached hydrogen (secondary N) is 1. The zero-order valence-corrected chi connectivity index (χ0v) is 13.9. The van der Waals surface area contributed by atoms with Gasteiger partial charge in [0.1, 0.15) is 0 Å². The Hall–Kier alpha value is -2.35. The molecule has 0 bridgehead atoms. The van der Waals surface area contributed by atoms with E-state index in [9.17, 15) is 22.8 Å². The summed E-state index contributed by atoms with van der Waals surface area (Å²) < 4.78 is 45.1. The molecule has 1 N–H and O–H groups in total. The number of ether oxygens (including phenoxy) is 1. The van der Waals surface area contributed by atoms with Crippen molar-refractivity contribution in [2.75, 3.05) is 5.32 Å². The molecule has 0 heterocycles. The molecule has 2 rings (SSSR count). The number of hydrogen-bond donors (Lipinski definition) is 1. The SMILES string of the molecule is C[C@H](OC(=O)c1cccc(Br)c1)C(=O)Nc1ccc(F)c(F)c1F. The van der Waals surface area contributed by atoms with Crippen LogP contribution in [0.1, 0.15) is 17.3 Å². The largest absolute Gasteiger partial charge is 0.449 e. The highest BCUT2D eigenvalue weighted by molar-refractivity contribution is 9.10. The summed E-state index contributed by atoms with van der Waals surface area (Å²) in [5, 5.41) is 2.04. The van der Waals surface area contributed by atoms with Gasteiger partial charge in [0.25, 0.3) is 5.91 Å². The Morgan fingerprint density at radius 2 is 1.83 bits per heavy atom. The molecule has 0 radical (unpaired) electrons. The first-order chi connectivity index (χ1) is 11.3. The lowest BCUT2D eigenvalue weighted by Gasteiger charge is -2.14. The maximum absolute atomic E-state index is 13.5. The molecule has 0 aliphatic heterocycles. The first-order valence-electron chi connectivity index (χ1n) is 6.70. The topological polar surface area (TPSA) is 55.4 Å². The Labute approximate surface area is 143 Å². The molecular weight excluding hydrogens is 391 g/mol. The van der Waals surface area contributed by atoms with Gasteiger partial charge in [0.15, 0.2) is 23.6 Å². The molecule has 0 aliphatic rings. The van der Waals surface area contributed by atoms with Crippen LogP contribution < -0.4 is 5.32 Å². The van der Waals surface area contributed by atoms with Crippen molar-refractivity contribution in [3.05, 3.63) is 63.9 Å². The van der Waals surface area contributed by atoms with E-state index in [-0.39, 0.29) is 5.56 Å². The minimum Gasteiger partial charge on any atom is -0.449 e. The summed E-state index contributed by atoms with van der Waals surface area (Å²) >= 11 is 3.20. The van der Waals surface area contributed by atoms with Gasteiger partial charge in [-0.25, -0.2) is 18.0 Å². The van der Waals surface area contributed by atoms with Crippen molar-refractivity contribution >= 4 is 33.5 Å². The third-order valence-electron chi connectivity index (χ3n) is 3.01. The van der Waals surface area contributed by atoms with Crippen molar-refractivity contribution in [3.63, 3.8) is 0 Å². The first-order valence-corrected chi connectivity index (χ1v) is 7.50. The molecule has 2 aromatic rings. The molecule has 0 saturated carbocycles. The molecule has 0 aliphatic carbocycles. The fourth-order valence-corrected chi connectivity index (χ4v) is 2.15. The highest BCUT2D eigenvalue weighted by Crippen LogP contribution is 2.20. The molecule has 1 atom stereocenters. The number of hydrogen-bond acceptors (Lipinski definition) is 3. The third kappa shape index (κ3) is 4.14. The smallest absolute Gasteiger partial charge is 0.338 e. The normalized spacial score (nSPS) is 11.7. The summed E-state index contributed by atoms with van der Waals surface area (Å²) in [6, 6.07) is 7.86. The molecule has 0 unspecified atom stereocenters. The molecule has 0 saturated heterocycles. The minimum absolute atomic E-state index is 0.211. The van der Waals surface area contributed by atoms with E-state index in [2.05, 4.69) is 15.9 Å². The quantitative estimate of drug-likeness (QED) is 0.620. The second-order valence-corrected chi connectivity index (χ2v) is 5.69. The molecule has 0 spiro atoms. The number of carbonyl (C=O) groups excluding carboxylic acids is 2. The van der Waals surface area contributed by atoms with Gasteiger partial charge < -0.3 is 10.1 Å². The van der Waals surface area contributed by atoms with Crippen LogP contribution in [0.3, 0.4) is 0 Å². The maximum atomic E-state index is 13.5. The summed E-state index contributed by atoms with van der Waals surface area (Å²) in [4.78, 5) is 23.8. The lowest BCUT2D eigenvalue weighted by molar-refractivity contribution is -0.123. The van der Waals surface area contributed by atoms with E-state index in [4.69, 9.17) is 4.74 Å². The van der Waals surface area contributed by atoms with Gasteiger partial charge in [-0.3, -0.25) is 4.79 Å². The van der Waals surface area contributed by atoms with E-state index in [0.717, 1.165) is 6.07 Å². The van der Waals surface area contributed by atoms with Gasteiger partial charge in [0.05, 0.1) is 11.3 Å². The predicted molar refractivity (Wildman–Crippen MR) is 84.0 cm³/mol. The zero-order chi connectivity index (χ0) is 17.9. The summed E-state index contributed by atoms with van der Waals surface area (Å²) in [7, 11) is 0. The van der Waals surface area contributed by atoms with Crippen LogP contribution in [-0.4, -0.2) is 18.0 Å². The van der Waals surface area contributed by atoms with E-state index >= 15 is 0 Å². The van der Waals surface area contributed by atoms with Crippen molar-refractivity contribution in [1.29, 1.82) is 0 Å². The Morgan fingerprint density at radius 1 is 1.12 bits per heavy atom. The number of benzene rings is 2. The summed E-state index contributed by atoms with van der Waals surface area (Å²) in [6.45, 7) is 1.27. The standard InChI is InChI=1S/C16H11BrF3NO3/c1-8(24-16(23)9-3-2-4-10(17)7-9)15(22)21-12-6-5-11(18)13(19)14(12)20/h2-8H,1H3,(H,21,22)/t8-/m0/s1. The highest BCUT2D eigenvalue weighted by Gasteiger charge is 2.22. The van der Waals surface area contributed by atoms with Crippen LogP contribution in [0.2, 0.25) is 0 Å². The monoisotopic (exact) mass is 401 g/mol. The molecule has 126 valence electrons. The zero-order valence-electron chi connectivity index (χ0n) is 12.3. The Bertz CT molecular complexity index is 798. The van der Waals surface area contributed by atoms with Gasteiger partial charge in [-0.1, -0.05) is 22.0 Å². The van der Waals surface area contributed by atoms with E-state index < -0.39 is 41.1 Å². The van der Waals surface area contributed by atoms with Crippen LogP contribution in [0, 0.1) is 17.5 Å². The number of esters is 1. The molecular formula is C16H11BrF3NO3. The van der Waals surface area contributed by atoms with Crippen LogP contribution in [-0.2, 0) is 9.53 Å². The van der Waals surface area contributed by atoms with Crippen LogP contribution in [0.4, 0.5) is 18.9 Å². The second kappa shape index (κ2) is 7.48. The Kier molecular flexibility index (Phi) is 5.61. The fraction of sp³-hybridized carbons (Fsp3) is 0.125. The van der Waals surface area contributed by atoms with E-state index in [1.54, 1.807) is 12.1 Å². The summed E-state index contributed by atoms with van der Waals surface area (Å²) in [5.41, 5.74) is -0.340. The van der Waals surface area contributed by atoms with Crippen molar-refractivity contribution < 1.29 is 27.5 Å². The second-order valence-electron chi connectivity index (χ2n) is 4.77. The molecule has 24 heavy (non-hydrogen) atoms. The van der Waals surface area contributed by atoms with Gasteiger partial charge in [-0.15, -0.1) is 0 Å². The summed E-state index contributed by atoms with van der Waals surface area (Å²) in [6.07, 6.45) is -1.27. The van der Waals surface area contributed by atoms with Gasteiger partial charge in [-0.2, -0.15) is 0 Å². The van der Waals surface area contributed by atoms with Gasteiger partial charge >= 0.3 is 5.97 Å². The Morgan fingerprint density at radius 3 is 2.50 bits per heavy atom. The predicted octanol–water partition coefficient (Wildman–Crippen LogP) is 4.05. The number of carbonyl (C=O) groups is 2. The highest BCUT2D eigenvalue weighted by atomic mass is 79.9. The van der Waals surface area contributed by atoms with Crippen LogP contribution in [0.15, 0.2) is 40.9 Å². The summed E-state index contributed by atoms with van der Waals surface area (Å²) in [5.74, 6) is -6.26. The molecule has 1 amide bonds. The van der Waals surface area contributed by atoms with Crippen molar-refractivity contribution in [3.8, 4) is 0 Å². The van der Waals surface area contributed by atoms with E-state index in [1.165, 1.54) is 19.1 Å². The maximum Gasteiger partial charge on any atom is 0.338 e. The van der Waals surface area contributed by atoms with Gasteiger partial charge in [0, 0.05) is 4.47 Å². The van der Waals surface area contributed by atoms with Crippen molar-refractivity contribution in [2.24, 2.45) is 0 Å². The number of amides is 1. The van der Waals surface area contributed by atoms with E-state index in [1.807, 2.05) is 5.32 Å². The fourth-order valence-electron chi connectivity index (χ4n) is 1.75. The Balaban J connectivity index is 2.05. The molecule has 8 heteroatoms. The molecule has 0 fully saturated rings.